The Morgan fingerprint density at radius 2 is 1.81 bits per heavy atom. The van der Waals surface area contributed by atoms with E-state index in [4.69, 9.17) is 14.6 Å². The van der Waals surface area contributed by atoms with E-state index in [-0.39, 0.29) is 18.3 Å². The van der Waals surface area contributed by atoms with Gasteiger partial charge in [0.1, 0.15) is 24.3 Å². The Bertz CT molecular complexity index is 793. The molecule has 2 aromatic rings. The predicted octanol–water partition coefficient (Wildman–Crippen LogP) is 2.98. The summed E-state index contributed by atoms with van der Waals surface area (Å²) in [5.74, 6) is -1.23. The average Bonchev–Trinajstić information content (AvgIpc) is 3.13. The molecule has 1 aliphatic rings. The van der Waals surface area contributed by atoms with Crippen LogP contribution in [0.5, 0.6) is 5.75 Å². The van der Waals surface area contributed by atoms with E-state index >= 15 is 0 Å². The number of carboxylic acids is 1. The van der Waals surface area contributed by atoms with Gasteiger partial charge in [-0.1, -0.05) is 18.2 Å². The summed E-state index contributed by atoms with van der Waals surface area (Å²) in [6.45, 7) is 0.102. The van der Waals surface area contributed by atoms with Crippen molar-refractivity contribution in [3.05, 3.63) is 59.9 Å². The third-order valence-electron chi connectivity index (χ3n) is 4.06. The Kier molecular flexibility index (Phi) is 5.48. The molecule has 0 aromatic heterocycles. The minimum absolute atomic E-state index is 0.102. The van der Waals surface area contributed by atoms with Gasteiger partial charge < -0.3 is 19.9 Å². The van der Waals surface area contributed by atoms with Gasteiger partial charge in [-0.2, -0.15) is 0 Å². The molecule has 0 bridgehead atoms. The zero-order valence-corrected chi connectivity index (χ0v) is 13.9. The van der Waals surface area contributed by atoms with Crippen LogP contribution in [0.1, 0.15) is 18.4 Å². The van der Waals surface area contributed by atoms with E-state index in [9.17, 15) is 14.0 Å². The highest BCUT2D eigenvalue weighted by atomic mass is 19.1. The van der Waals surface area contributed by atoms with Gasteiger partial charge in [0.2, 0.25) is 0 Å². The van der Waals surface area contributed by atoms with Gasteiger partial charge in [0.15, 0.2) is 6.10 Å². The lowest BCUT2D eigenvalue weighted by Crippen LogP contribution is -2.29. The molecule has 0 spiro atoms. The van der Waals surface area contributed by atoms with Gasteiger partial charge in [-0.15, -0.1) is 0 Å². The second-order valence-electron chi connectivity index (χ2n) is 5.92. The van der Waals surface area contributed by atoms with Crippen molar-refractivity contribution >= 4 is 17.6 Å². The molecule has 136 valence electrons. The molecule has 0 aliphatic carbocycles. The largest absolute Gasteiger partial charge is 0.489 e. The maximum absolute atomic E-state index is 13.5. The lowest BCUT2D eigenvalue weighted by molar-refractivity contribution is -0.150. The number of benzene rings is 2. The zero-order valence-electron chi connectivity index (χ0n) is 13.9. The average molecular weight is 359 g/mol. The molecular formula is C19H18FNO5. The van der Waals surface area contributed by atoms with Crippen LogP contribution in [0.3, 0.4) is 0 Å². The van der Waals surface area contributed by atoms with Gasteiger partial charge in [0, 0.05) is 11.3 Å². The van der Waals surface area contributed by atoms with Crippen molar-refractivity contribution in [1.82, 2.24) is 0 Å². The van der Waals surface area contributed by atoms with Gasteiger partial charge in [0.05, 0.1) is 0 Å². The molecule has 2 aromatic carbocycles. The van der Waals surface area contributed by atoms with Crippen LogP contribution < -0.4 is 10.1 Å². The standard InChI is InChI=1S/C19H18FNO5/c20-15-4-2-1-3-12(15)11-25-14-7-5-13(6-8-14)21-18(22)16-9-10-17(26-16)19(23)24/h1-8,16-17H,9-11H2,(H,21,22)(H,23,24)/t16-,17+/m0/s1. The quantitative estimate of drug-likeness (QED) is 0.828. The monoisotopic (exact) mass is 359 g/mol. The highest BCUT2D eigenvalue weighted by molar-refractivity contribution is 5.94. The fourth-order valence-corrected chi connectivity index (χ4v) is 2.65. The number of hydrogen-bond acceptors (Lipinski definition) is 4. The Morgan fingerprint density at radius 3 is 2.46 bits per heavy atom. The summed E-state index contributed by atoms with van der Waals surface area (Å²) >= 11 is 0. The summed E-state index contributed by atoms with van der Waals surface area (Å²) in [7, 11) is 0. The van der Waals surface area contributed by atoms with Crippen LogP contribution in [-0.4, -0.2) is 29.2 Å². The van der Waals surface area contributed by atoms with Crippen molar-refractivity contribution in [2.75, 3.05) is 5.32 Å². The number of rotatable bonds is 6. The van der Waals surface area contributed by atoms with Crippen molar-refractivity contribution < 1.29 is 28.6 Å². The van der Waals surface area contributed by atoms with E-state index in [2.05, 4.69) is 5.32 Å². The number of anilines is 1. The number of halogens is 1. The number of ether oxygens (including phenoxy) is 2. The number of nitrogens with one attached hydrogen (secondary N) is 1. The molecule has 2 atom stereocenters. The number of hydrogen-bond donors (Lipinski definition) is 2. The Morgan fingerprint density at radius 1 is 1.12 bits per heavy atom. The fraction of sp³-hybridized carbons (Fsp3) is 0.263. The van der Waals surface area contributed by atoms with Crippen LogP contribution >= 0.6 is 0 Å². The maximum atomic E-state index is 13.5. The van der Waals surface area contributed by atoms with Crippen LogP contribution in [0.2, 0.25) is 0 Å². The van der Waals surface area contributed by atoms with E-state index in [1.165, 1.54) is 6.07 Å². The Hall–Kier alpha value is -2.93. The zero-order chi connectivity index (χ0) is 18.5. The molecule has 3 rings (SSSR count). The van der Waals surface area contributed by atoms with Crippen molar-refractivity contribution in [2.24, 2.45) is 0 Å². The first-order chi connectivity index (χ1) is 12.5. The molecular weight excluding hydrogens is 341 g/mol. The van der Waals surface area contributed by atoms with Crippen molar-refractivity contribution in [2.45, 2.75) is 31.7 Å². The summed E-state index contributed by atoms with van der Waals surface area (Å²) in [6.07, 6.45) is -1.02. The Labute approximate surface area is 149 Å². The molecule has 1 fully saturated rings. The van der Waals surface area contributed by atoms with E-state index in [0.717, 1.165) is 0 Å². The molecule has 6 nitrogen and oxygen atoms in total. The summed E-state index contributed by atoms with van der Waals surface area (Å²) in [4.78, 5) is 23.0. The summed E-state index contributed by atoms with van der Waals surface area (Å²) in [5.41, 5.74) is 0.992. The number of carbonyl (C=O) groups is 2. The van der Waals surface area contributed by atoms with Gasteiger partial charge in [0.25, 0.3) is 5.91 Å². The molecule has 2 N–H and O–H groups in total. The maximum Gasteiger partial charge on any atom is 0.332 e. The minimum Gasteiger partial charge on any atom is -0.489 e. The summed E-state index contributed by atoms with van der Waals surface area (Å²) < 4.78 is 24.3. The molecule has 0 radical (unpaired) electrons. The van der Waals surface area contributed by atoms with Crippen molar-refractivity contribution in [1.29, 1.82) is 0 Å². The second kappa shape index (κ2) is 7.97. The summed E-state index contributed by atoms with van der Waals surface area (Å²) in [5, 5.41) is 11.6. The number of carbonyl (C=O) groups excluding carboxylic acids is 1. The molecule has 1 aliphatic heterocycles. The summed E-state index contributed by atoms with van der Waals surface area (Å²) in [6, 6.07) is 13.0. The molecule has 0 unspecified atom stereocenters. The van der Waals surface area contributed by atoms with E-state index in [1.807, 2.05) is 0 Å². The highest BCUT2D eigenvalue weighted by Crippen LogP contribution is 2.22. The lowest BCUT2D eigenvalue weighted by Gasteiger charge is -2.12. The fourth-order valence-electron chi connectivity index (χ4n) is 2.65. The molecule has 1 amide bonds. The highest BCUT2D eigenvalue weighted by Gasteiger charge is 2.34. The van der Waals surface area contributed by atoms with E-state index in [0.29, 0.717) is 29.8 Å². The van der Waals surface area contributed by atoms with Crippen molar-refractivity contribution in [3.63, 3.8) is 0 Å². The van der Waals surface area contributed by atoms with Crippen LogP contribution in [0, 0.1) is 5.82 Å². The van der Waals surface area contributed by atoms with Crippen LogP contribution in [0.15, 0.2) is 48.5 Å². The molecule has 0 saturated carbocycles. The van der Waals surface area contributed by atoms with Crippen LogP contribution in [0.4, 0.5) is 10.1 Å². The first-order valence-corrected chi connectivity index (χ1v) is 8.18. The van der Waals surface area contributed by atoms with Crippen LogP contribution in [0.25, 0.3) is 0 Å². The first-order valence-electron chi connectivity index (χ1n) is 8.18. The minimum atomic E-state index is -1.06. The number of aliphatic carboxylic acids is 1. The first kappa shape index (κ1) is 17.9. The lowest BCUT2D eigenvalue weighted by atomic mass is 10.2. The normalized spacial score (nSPS) is 19.1. The number of amides is 1. The van der Waals surface area contributed by atoms with Gasteiger partial charge in [-0.25, -0.2) is 9.18 Å². The van der Waals surface area contributed by atoms with Crippen molar-refractivity contribution in [3.8, 4) is 5.75 Å². The van der Waals surface area contributed by atoms with Crippen LogP contribution in [-0.2, 0) is 20.9 Å². The van der Waals surface area contributed by atoms with Gasteiger partial charge in [-0.05, 0) is 43.2 Å². The molecule has 7 heteroatoms. The van der Waals surface area contributed by atoms with Gasteiger partial charge in [-0.3, -0.25) is 4.79 Å². The molecule has 26 heavy (non-hydrogen) atoms. The molecule has 1 saturated heterocycles. The van der Waals surface area contributed by atoms with E-state index in [1.54, 1.807) is 42.5 Å². The van der Waals surface area contributed by atoms with Gasteiger partial charge >= 0.3 is 5.97 Å². The smallest absolute Gasteiger partial charge is 0.332 e. The third-order valence-corrected chi connectivity index (χ3v) is 4.06. The molecule has 1 heterocycles. The second-order valence-corrected chi connectivity index (χ2v) is 5.92. The number of carboxylic acid groups (broad SMARTS) is 1. The Balaban J connectivity index is 1.52. The van der Waals surface area contributed by atoms with E-state index < -0.39 is 18.2 Å². The SMILES string of the molecule is O=C(Nc1ccc(OCc2ccccc2F)cc1)[C@@H]1CC[C@H](C(=O)O)O1. The topological polar surface area (TPSA) is 84.9 Å². The third kappa shape index (κ3) is 4.37. The predicted molar refractivity (Wildman–Crippen MR) is 91.3 cm³/mol.